The van der Waals surface area contributed by atoms with Gasteiger partial charge in [-0.15, -0.1) is 0 Å². The molecular formula is C16H15BN3O+. The summed E-state index contributed by atoms with van der Waals surface area (Å²) in [6.45, 7) is 0.185. The third-order valence-electron chi connectivity index (χ3n) is 4.06. The lowest BCUT2D eigenvalue weighted by Gasteiger charge is -2.25. The van der Waals surface area contributed by atoms with Gasteiger partial charge in [-0.05, 0) is 31.3 Å². The smallest absolute Gasteiger partial charge is 0.396 e. The Kier molecular flexibility index (Phi) is 2.60. The molecule has 4 rings (SSSR count). The fourth-order valence-corrected chi connectivity index (χ4v) is 3.00. The number of nitrogens with zero attached hydrogens (tertiary/aromatic N) is 3. The van der Waals surface area contributed by atoms with Crippen molar-refractivity contribution < 1.29 is 8.98 Å². The maximum Gasteiger partial charge on any atom is 0.396 e. The Labute approximate surface area is 123 Å². The van der Waals surface area contributed by atoms with Gasteiger partial charge in [-0.2, -0.15) is 0 Å². The Morgan fingerprint density at radius 1 is 1.24 bits per heavy atom. The van der Waals surface area contributed by atoms with Crippen LogP contribution >= 0.6 is 0 Å². The predicted octanol–water partition coefficient (Wildman–Crippen LogP) is 1.55. The summed E-state index contributed by atoms with van der Waals surface area (Å²) in [5, 5.41) is 1.06. The zero-order valence-corrected chi connectivity index (χ0v) is 12.0. The van der Waals surface area contributed by atoms with Crippen LogP contribution < -0.4 is 15.0 Å². The lowest BCUT2D eigenvalue weighted by atomic mass is 9.55. The van der Waals surface area contributed by atoms with Crippen molar-refractivity contribution in [2.24, 2.45) is 7.05 Å². The second kappa shape index (κ2) is 4.48. The van der Waals surface area contributed by atoms with Crippen molar-refractivity contribution in [1.29, 1.82) is 0 Å². The Balaban J connectivity index is 1.88. The van der Waals surface area contributed by atoms with Gasteiger partial charge in [0.15, 0.2) is 17.6 Å². The predicted molar refractivity (Wildman–Crippen MR) is 84.5 cm³/mol. The molecule has 0 spiro atoms. The SMILES string of the molecule is CN1B(c2cccc[n+]2C)C=Cc2oc3ncccc3c21. The van der Waals surface area contributed by atoms with E-state index < -0.39 is 0 Å². The number of hydrogen-bond acceptors (Lipinski definition) is 3. The summed E-state index contributed by atoms with van der Waals surface area (Å²) in [6, 6.07) is 10.3. The monoisotopic (exact) mass is 276 g/mol. The van der Waals surface area contributed by atoms with Crippen molar-refractivity contribution in [2.45, 2.75) is 0 Å². The molecule has 102 valence electrons. The molecule has 21 heavy (non-hydrogen) atoms. The number of pyridine rings is 2. The average molecular weight is 276 g/mol. The lowest BCUT2D eigenvalue weighted by Crippen LogP contribution is -2.60. The van der Waals surface area contributed by atoms with Gasteiger partial charge in [-0.25, -0.2) is 9.55 Å². The van der Waals surface area contributed by atoms with Crippen molar-refractivity contribution in [1.82, 2.24) is 4.98 Å². The number of furan rings is 1. The highest BCUT2D eigenvalue weighted by Gasteiger charge is 2.34. The first-order valence-corrected chi connectivity index (χ1v) is 6.99. The summed E-state index contributed by atoms with van der Waals surface area (Å²) < 4.78 is 7.98. The minimum Gasteiger partial charge on any atom is -0.436 e. The van der Waals surface area contributed by atoms with E-state index in [-0.39, 0.29) is 6.85 Å². The molecule has 3 aromatic heterocycles. The molecule has 4 nitrogen and oxygen atoms in total. The van der Waals surface area contributed by atoms with E-state index in [1.165, 1.54) is 5.59 Å². The van der Waals surface area contributed by atoms with Gasteiger partial charge in [0.1, 0.15) is 7.05 Å². The van der Waals surface area contributed by atoms with Crippen LogP contribution in [0.15, 0.2) is 53.1 Å². The summed E-state index contributed by atoms with van der Waals surface area (Å²) in [6.07, 6.45) is 5.88. The van der Waals surface area contributed by atoms with E-state index in [0.717, 1.165) is 16.8 Å². The molecule has 0 N–H and O–H groups in total. The van der Waals surface area contributed by atoms with Crippen LogP contribution in [0, 0.1) is 0 Å². The molecule has 0 aromatic carbocycles. The largest absolute Gasteiger partial charge is 0.436 e. The molecule has 0 amide bonds. The third-order valence-corrected chi connectivity index (χ3v) is 4.06. The van der Waals surface area contributed by atoms with Crippen LogP contribution in [0.3, 0.4) is 0 Å². The lowest BCUT2D eigenvalue weighted by molar-refractivity contribution is -0.654. The van der Waals surface area contributed by atoms with E-state index in [1.54, 1.807) is 6.20 Å². The summed E-state index contributed by atoms with van der Waals surface area (Å²) in [5.74, 6) is 3.04. The van der Waals surface area contributed by atoms with Gasteiger partial charge in [0.25, 0.3) is 0 Å². The average Bonchev–Trinajstić information content (AvgIpc) is 2.88. The molecule has 1 aliphatic rings. The minimum atomic E-state index is 0.185. The quantitative estimate of drug-likeness (QED) is 0.499. The zero-order valence-electron chi connectivity index (χ0n) is 12.0. The highest BCUT2D eigenvalue weighted by molar-refractivity contribution is 6.81. The van der Waals surface area contributed by atoms with Crippen molar-refractivity contribution in [3.63, 3.8) is 0 Å². The van der Waals surface area contributed by atoms with Crippen molar-refractivity contribution in [3.05, 3.63) is 54.5 Å². The van der Waals surface area contributed by atoms with Crippen LogP contribution in [0.4, 0.5) is 5.69 Å². The first kappa shape index (κ1) is 12.2. The van der Waals surface area contributed by atoms with Crippen LogP contribution in [0.25, 0.3) is 17.2 Å². The number of aryl methyl sites for hydroxylation is 1. The van der Waals surface area contributed by atoms with E-state index in [9.17, 15) is 0 Å². The molecule has 0 fully saturated rings. The van der Waals surface area contributed by atoms with Gasteiger partial charge in [-0.3, -0.25) is 0 Å². The third kappa shape index (κ3) is 1.77. The molecule has 3 aromatic rings. The van der Waals surface area contributed by atoms with Crippen molar-refractivity contribution in [2.75, 3.05) is 11.9 Å². The molecule has 0 bridgehead atoms. The molecule has 0 saturated heterocycles. The van der Waals surface area contributed by atoms with Crippen LogP contribution in [-0.2, 0) is 7.05 Å². The van der Waals surface area contributed by atoms with Gasteiger partial charge in [0.2, 0.25) is 5.71 Å². The Bertz CT molecular complexity index is 856. The minimum absolute atomic E-state index is 0.185. The molecule has 0 radical (unpaired) electrons. The normalized spacial score (nSPS) is 13.8. The van der Waals surface area contributed by atoms with E-state index in [4.69, 9.17) is 4.42 Å². The second-order valence-electron chi connectivity index (χ2n) is 5.32. The molecule has 0 aliphatic carbocycles. The van der Waals surface area contributed by atoms with Crippen LogP contribution in [-0.4, -0.2) is 18.9 Å². The number of hydrogen-bond donors (Lipinski definition) is 0. The van der Waals surface area contributed by atoms with E-state index in [0.29, 0.717) is 5.71 Å². The van der Waals surface area contributed by atoms with Crippen LogP contribution in [0.5, 0.6) is 0 Å². The first-order chi connectivity index (χ1) is 10.3. The van der Waals surface area contributed by atoms with E-state index >= 15 is 0 Å². The fraction of sp³-hybridized carbons (Fsp3) is 0.125. The Morgan fingerprint density at radius 2 is 2.14 bits per heavy atom. The fourth-order valence-electron chi connectivity index (χ4n) is 3.00. The Morgan fingerprint density at radius 3 is 3.00 bits per heavy atom. The maximum absolute atomic E-state index is 5.83. The molecule has 4 heterocycles. The number of anilines is 1. The van der Waals surface area contributed by atoms with Gasteiger partial charge in [0.05, 0.1) is 11.1 Å². The molecular weight excluding hydrogens is 261 g/mol. The summed E-state index contributed by atoms with van der Waals surface area (Å²) in [7, 11) is 4.17. The molecule has 0 saturated carbocycles. The number of fused-ring (bicyclic) bond motifs is 3. The van der Waals surface area contributed by atoms with Crippen molar-refractivity contribution in [3.8, 4) is 0 Å². The van der Waals surface area contributed by atoms with Gasteiger partial charge >= 0.3 is 6.85 Å². The summed E-state index contributed by atoms with van der Waals surface area (Å²) in [5.41, 5.74) is 3.03. The topological polar surface area (TPSA) is 33.2 Å². The maximum atomic E-state index is 5.83. The second-order valence-corrected chi connectivity index (χ2v) is 5.32. The summed E-state index contributed by atoms with van der Waals surface area (Å²) in [4.78, 5) is 6.55. The first-order valence-electron chi connectivity index (χ1n) is 6.99. The van der Waals surface area contributed by atoms with Crippen LogP contribution in [0.2, 0.25) is 0 Å². The van der Waals surface area contributed by atoms with Crippen molar-refractivity contribution >= 4 is 35.3 Å². The molecule has 1 aliphatic heterocycles. The highest BCUT2D eigenvalue weighted by Crippen LogP contribution is 2.35. The zero-order chi connectivity index (χ0) is 14.4. The van der Waals surface area contributed by atoms with E-state index in [2.05, 4.69) is 64.9 Å². The van der Waals surface area contributed by atoms with Crippen LogP contribution in [0.1, 0.15) is 5.76 Å². The molecule has 0 unspecified atom stereocenters. The standard InChI is InChI=1S/C16H15BN3O/c1-19-11-4-3-7-14(19)17-9-8-13-15(20(17)2)12-6-5-10-18-16(12)21-13/h3-11H,1-2H3/q+1. The van der Waals surface area contributed by atoms with Gasteiger partial charge in [0, 0.05) is 12.3 Å². The number of aromatic nitrogens is 2. The summed E-state index contributed by atoms with van der Waals surface area (Å²) >= 11 is 0. The van der Waals surface area contributed by atoms with Gasteiger partial charge in [-0.1, -0.05) is 12.0 Å². The number of rotatable bonds is 1. The molecule has 5 heteroatoms. The molecule has 0 atom stereocenters. The Hall–Kier alpha value is -2.56. The highest BCUT2D eigenvalue weighted by atomic mass is 16.3. The van der Waals surface area contributed by atoms with E-state index in [1.807, 2.05) is 12.1 Å². The van der Waals surface area contributed by atoms with Gasteiger partial charge < -0.3 is 9.23 Å².